The van der Waals surface area contributed by atoms with E-state index in [1.807, 2.05) is 6.07 Å². The van der Waals surface area contributed by atoms with E-state index in [0.717, 1.165) is 5.56 Å². The Morgan fingerprint density at radius 1 is 1.38 bits per heavy atom. The van der Waals surface area contributed by atoms with Crippen molar-refractivity contribution in [3.8, 4) is 11.8 Å². The maximum absolute atomic E-state index is 13.1. The Morgan fingerprint density at radius 2 is 2.17 bits per heavy atom. The summed E-state index contributed by atoms with van der Waals surface area (Å²) in [4.78, 5) is 4.06. The second kappa shape index (κ2) is 8.24. The fraction of sp³-hybridized carbons (Fsp3) is 0.250. The molecule has 6 nitrogen and oxygen atoms in total. The summed E-state index contributed by atoms with van der Waals surface area (Å²) in [5.74, 6) is 0.256. The van der Waals surface area contributed by atoms with E-state index in [1.54, 1.807) is 36.7 Å². The minimum Gasteiger partial charge on any atom is -0.495 e. The molecule has 0 amide bonds. The Kier molecular flexibility index (Phi) is 6.31. The molecule has 126 valence electrons. The first-order valence-corrected chi connectivity index (χ1v) is 9.32. The molecular weight excluding hydrogens is 394 g/mol. The molecule has 0 bridgehead atoms. The van der Waals surface area contributed by atoms with Crippen LogP contribution in [0.25, 0.3) is 0 Å². The van der Waals surface area contributed by atoms with Gasteiger partial charge in [0.05, 0.1) is 13.2 Å². The van der Waals surface area contributed by atoms with Crippen molar-refractivity contribution in [1.29, 1.82) is 5.26 Å². The molecule has 0 atom stereocenters. The summed E-state index contributed by atoms with van der Waals surface area (Å²) in [6, 6.07) is 10.3. The van der Waals surface area contributed by atoms with Gasteiger partial charge in [0.1, 0.15) is 10.6 Å². The first-order valence-electron chi connectivity index (χ1n) is 7.08. The van der Waals surface area contributed by atoms with E-state index in [9.17, 15) is 8.42 Å². The zero-order valence-electron chi connectivity index (χ0n) is 13.0. The molecule has 0 saturated heterocycles. The standard InChI is InChI=1S/C16H16BrN3O3S/c1-23-15-6-5-14(17)10-16(15)24(21,22)20(9-3-7-18)12-13-4-2-8-19-11-13/h2,4-6,8,10-11H,3,9,12H2,1H3. The monoisotopic (exact) mass is 409 g/mol. The van der Waals surface area contributed by atoms with Crippen molar-refractivity contribution < 1.29 is 13.2 Å². The summed E-state index contributed by atoms with van der Waals surface area (Å²) in [5.41, 5.74) is 0.743. The van der Waals surface area contributed by atoms with E-state index in [2.05, 4.69) is 20.9 Å². The van der Waals surface area contributed by atoms with E-state index >= 15 is 0 Å². The number of rotatable bonds is 7. The SMILES string of the molecule is COc1ccc(Br)cc1S(=O)(=O)N(CCC#N)Cc1cccnc1. The van der Waals surface area contributed by atoms with Gasteiger partial charge in [-0.1, -0.05) is 22.0 Å². The minimum atomic E-state index is -3.84. The molecule has 24 heavy (non-hydrogen) atoms. The van der Waals surface area contributed by atoms with Crippen molar-refractivity contribution in [2.24, 2.45) is 0 Å². The van der Waals surface area contributed by atoms with Gasteiger partial charge in [0, 0.05) is 36.4 Å². The van der Waals surface area contributed by atoms with Crippen LogP contribution in [0.1, 0.15) is 12.0 Å². The van der Waals surface area contributed by atoms with Gasteiger partial charge >= 0.3 is 0 Å². The Balaban J connectivity index is 2.44. The molecule has 2 aromatic rings. The van der Waals surface area contributed by atoms with Gasteiger partial charge in [-0.2, -0.15) is 9.57 Å². The summed E-state index contributed by atoms with van der Waals surface area (Å²) < 4.78 is 33.2. The first-order chi connectivity index (χ1) is 11.5. The van der Waals surface area contributed by atoms with Gasteiger partial charge in [-0.25, -0.2) is 8.42 Å². The Bertz CT molecular complexity index is 835. The van der Waals surface area contributed by atoms with Crippen LogP contribution >= 0.6 is 15.9 Å². The van der Waals surface area contributed by atoms with Crippen molar-refractivity contribution in [3.63, 3.8) is 0 Å². The molecule has 1 heterocycles. The summed E-state index contributed by atoms with van der Waals surface area (Å²) in [5, 5.41) is 8.85. The number of hydrogen-bond donors (Lipinski definition) is 0. The second-order valence-corrected chi connectivity index (χ2v) is 7.73. The Hall–Kier alpha value is -1.95. The van der Waals surface area contributed by atoms with Crippen LogP contribution in [-0.4, -0.2) is 31.4 Å². The van der Waals surface area contributed by atoms with Gasteiger partial charge in [0.25, 0.3) is 0 Å². The molecule has 0 fully saturated rings. The molecule has 0 N–H and O–H groups in total. The lowest BCUT2D eigenvalue weighted by atomic mass is 10.3. The average molecular weight is 410 g/mol. The maximum atomic E-state index is 13.1. The number of methoxy groups -OCH3 is 1. The quantitative estimate of drug-likeness (QED) is 0.701. The third-order valence-electron chi connectivity index (χ3n) is 3.30. The number of hydrogen-bond acceptors (Lipinski definition) is 5. The third-order valence-corrected chi connectivity index (χ3v) is 5.66. The van der Waals surface area contributed by atoms with E-state index < -0.39 is 10.0 Å². The van der Waals surface area contributed by atoms with Gasteiger partial charge in [0.2, 0.25) is 10.0 Å². The zero-order valence-corrected chi connectivity index (χ0v) is 15.4. The second-order valence-electron chi connectivity index (χ2n) is 4.90. The van der Waals surface area contributed by atoms with Crippen molar-refractivity contribution >= 4 is 26.0 Å². The Morgan fingerprint density at radius 3 is 2.79 bits per heavy atom. The summed E-state index contributed by atoms with van der Waals surface area (Å²) in [7, 11) is -2.42. The van der Waals surface area contributed by atoms with Gasteiger partial charge in [-0.15, -0.1) is 0 Å². The maximum Gasteiger partial charge on any atom is 0.247 e. The smallest absolute Gasteiger partial charge is 0.247 e. The molecule has 2 rings (SSSR count). The van der Waals surface area contributed by atoms with Gasteiger partial charge in [-0.05, 0) is 29.8 Å². The molecule has 0 aliphatic rings. The van der Waals surface area contributed by atoms with Crippen molar-refractivity contribution in [3.05, 3.63) is 52.8 Å². The fourth-order valence-electron chi connectivity index (χ4n) is 2.15. The van der Waals surface area contributed by atoms with Crippen molar-refractivity contribution in [1.82, 2.24) is 9.29 Å². The third kappa shape index (κ3) is 4.32. The van der Waals surface area contributed by atoms with E-state index in [1.165, 1.54) is 17.5 Å². The van der Waals surface area contributed by atoms with Crippen LogP contribution in [0.3, 0.4) is 0 Å². The van der Waals surface area contributed by atoms with Crippen LogP contribution in [0, 0.1) is 11.3 Å². The van der Waals surface area contributed by atoms with Crippen LogP contribution in [0.5, 0.6) is 5.75 Å². The van der Waals surface area contributed by atoms with Gasteiger partial charge in [-0.3, -0.25) is 4.98 Å². The predicted molar refractivity (Wildman–Crippen MR) is 92.8 cm³/mol. The van der Waals surface area contributed by atoms with E-state index in [0.29, 0.717) is 4.47 Å². The highest BCUT2D eigenvalue weighted by atomic mass is 79.9. The average Bonchev–Trinajstić information content (AvgIpc) is 2.59. The minimum absolute atomic E-state index is 0.0567. The molecule has 0 radical (unpaired) electrons. The lowest BCUT2D eigenvalue weighted by Gasteiger charge is -2.22. The topological polar surface area (TPSA) is 83.3 Å². The first kappa shape index (κ1) is 18.4. The van der Waals surface area contributed by atoms with Crippen LogP contribution in [-0.2, 0) is 16.6 Å². The van der Waals surface area contributed by atoms with Gasteiger partial charge < -0.3 is 4.74 Å². The normalized spacial score (nSPS) is 11.2. The van der Waals surface area contributed by atoms with Gasteiger partial charge in [0.15, 0.2) is 0 Å². The van der Waals surface area contributed by atoms with E-state index in [-0.39, 0.29) is 30.2 Å². The molecule has 0 spiro atoms. The van der Waals surface area contributed by atoms with Crippen molar-refractivity contribution in [2.75, 3.05) is 13.7 Å². The van der Waals surface area contributed by atoms with Crippen LogP contribution in [0.15, 0.2) is 52.1 Å². The molecule has 0 aliphatic heterocycles. The highest BCUT2D eigenvalue weighted by Gasteiger charge is 2.28. The highest BCUT2D eigenvalue weighted by molar-refractivity contribution is 9.10. The molecule has 1 aromatic carbocycles. The fourth-order valence-corrected chi connectivity index (χ4v) is 4.27. The number of pyridine rings is 1. The molecule has 1 aromatic heterocycles. The predicted octanol–water partition coefficient (Wildman–Crippen LogP) is 2.96. The lowest BCUT2D eigenvalue weighted by Crippen LogP contribution is -2.32. The number of sulfonamides is 1. The lowest BCUT2D eigenvalue weighted by molar-refractivity contribution is 0.388. The molecule has 0 saturated carbocycles. The number of aromatic nitrogens is 1. The number of halogens is 1. The van der Waals surface area contributed by atoms with Crippen molar-refractivity contribution in [2.45, 2.75) is 17.9 Å². The number of benzene rings is 1. The zero-order chi connectivity index (χ0) is 17.6. The summed E-state index contributed by atoms with van der Waals surface area (Å²) >= 11 is 3.29. The Labute approximate surface area is 149 Å². The number of nitriles is 1. The summed E-state index contributed by atoms with van der Waals surface area (Å²) in [6.07, 6.45) is 3.32. The van der Waals surface area contributed by atoms with Crippen LogP contribution in [0.2, 0.25) is 0 Å². The molecule has 8 heteroatoms. The van der Waals surface area contributed by atoms with E-state index in [4.69, 9.17) is 10.00 Å². The highest BCUT2D eigenvalue weighted by Crippen LogP contribution is 2.30. The number of nitrogens with zero attached hydrogens (tertiary/aromatic N) is 3. The summed E-state index contributed by atoms with van der Waals surface area (Å²) in [6.45, 7) is 0.219. The van der Waals surface area contributed by atoms with Crippen LogP contribution in [0.4, 0.5) is 0 Å². The number of ether oxygens (including phenoxy) is 1. The molecular formula is C16H16BrN3O3S. The molecule has 0 unspecified atom stereocenters. The molecule has 0 aliphatic carbocycles. The largest absolute Gasteiger partial charge is 0.495 e. The van der Waals surface area contributed by atoms with Crippen LogP contribution < -0.4 is 4.74 Å².